The topological polar surface area (TPSA) is 41.8 Å². The summed E-state index contributed by atoms with van der Waals surface area (Å²) in [6.45, 7) is 17.3. The van der Waals surface area contributed by atoms with Crippen molar-refractivity contribution in [3.63, 3.8) is 0 Å². The first kappa shape index (κ1) is 29.9. The largest absolute Gasteiger partial charge is 0.507 e. The molecule has 0 spiro atoms. The second-order valence-electron chi connectivity index (χ2n) is 11.6. The zero-order valence-corrected chi connectivity index (χ0v) is 23.4. The molecule has 1 N–H and O–H groups in total. The summed E-state index contributed by atoms with van der Waals surface area (Å²) in [5.41, 5.74) is 2.18. The van der Waals surface area contributed by atoms with Crippen LogP contribution < -0.4 is 4.74 Å². The van der Waals surface area contributed by atoms with E-state index < -0.39 is 34.7 Å². The second-order valence-corrected chi connectivity index (χ2v) is 11.6. The van der Waals surface area contributed by atoms with Gasteiger partial charge in [-0.25, -0.2) is 13.8 Å². The van der Waals surface area contributed by atoms with Crippen molar-refractivity contribution in [1.82, 2.24) is 0 Å². The molecule has 0 fully saturated rings. The monoisotopic (exact) mass is 541 g/mol. The number of hydrogen-bond donors (Lipinski definition) is 1. The van der Waals surface area contributed by atoms with E-state index in [0.717, 1.165) is 17.3 Å². The van der Waals surface area contributed by atoms with Gasteiger partial charge in [-0.05, 0) is 33.6 Å². The van der Waals surface area contributed by atoms with E-state index >= 15 is 0 Å². The summed E-state index contributed by atoms with van der Waals surface area (Å²) in [6.07, 6.45) is 2.19. The van der Waals surface area contributed by atoms with E-state index in [1.807, 2.05) is 45.9 Å². The van der Waals surface area contributed by atoms with Gasteiger partial charge in [0.2, 0.25) is 11.6 Å². The minimum atomic E-state index is -1.71. The lowest BCUT2D eigenvalue weighted by Gasteiger charge is -2.24. The van der Waals surface area contributed by atoms with Gasteiger partial charge < -0.3 is 9.84 Å². The van der Waals surface area contributed by atoms with E-state index in [0.29, 0.717) is 5.56 Å². The molecule has 0 radical (unpaired) electrons. The van der Waals surface area contributed by atoms with Crippen LogP contribution in [0.3, 0.4) is 0 Å². The maximum atomic E-state index is 14.7. The van der Waals surface area contributed by atoms with Crippen LogP contribution in [0, 0.1) is 23.3 Å². The summed E-state index contributed by atoms with van der Waals surface area (Å²) in [7, 11) is 0. The van der Waals surface area contributed by atoms with Crippen molar-refractivity contribution in [2.75, 3.05) is 6.61 Å². The minimum Gasteiger partial charge on any atom is -0.507 e. The summed E-state index contributed by atoms with van der Waals surface area (Å²) in [4.78, 5) is 3.72. The van der Waals surface area contributed by atoms with E-state index in [9.17, 15) is 22.7 Å². The Kier molecular flexibility index (Phi) is 8.63. The molecule has 3 aromatic rings. The molecule has 0 aliphatic rings. The predicted octanol–water partition coefficient (Wildman–Crippen LogP) is 9.01. The number of phenols is 1. The molecule has 0 amide bonds. The van der Waals surface area contributed by atoms with Crippen LogP contribution in [0.4, 0.5) is 23.2 Å². The summed E-state index contributed by atoms with van der Waals surface area (Å²) in [6, 6.07) is 11.7. The van der Waals surface area contributed by atoms with E-state index in [-0.39, 0.29) is 34.7 Å². The fraction of sp³-hybridized carbons (Fsp3) is 0.344. The van der Waals surface area contributed by atoms with Crippen LogP contribution in [-0.4, -0.2) is 17.9 Å². The first-order valence-electron chi connectivity index (χ1n) is 12.7. The fourth-order valence-corrected chi connectivity index (χ4v) is 4.11. The van der Waals surface area contributed by atoms with Crippen LogP contribution in [0.15, 0.2) is 54.0 Å². The van der Waals surface area contributed by atoms with Crippen molar-refractivity contribution in [1.29, 1.82) is 0 Å². The molecule has 3 nitrogen and oxygen atoms in total. The highest BCUT2D eigenvalue weighted by atomic mass is 19.2. The zero-order valence-electron chi connectivity index (χ0n) is 23.4. The number of aromatic hydroxyl groups is 1. The van der Waals surface area contributed by atoms with E-state index in [1.54, 1.807) is 6.07 Å². The number of benzene rings is 3. The first-order chi connectivity index (χ1) is 18.1. The standard InChI is InChI=1S/C32H35F4NO2/c1-9-14-39-30-26(35)24(33)28(25(34)27(30)36)37-17-20-15-22(32(6,7)8)16-23(29(20)38)18(2)19-10-12-21(13-11-19)31(3,4)5/h9-13,15-18,38H,1,14H2,2-8H3. The first-order valence-corrected chi connectivity index (χ1v) is 12.7. The molecule has 3 aromatic carbocycles. The third-order valence-corrected chi connectivity index (χ3v) is 6.66. The van der Waals surface area contributed by atoms with Crippen molar-refractivity contribution >= 4 is 11.9 Å². The Balaban J connectivity index is 2.12. The fourth-order valence-electron chi connectivity index (χ4n) is 4.11. The molecule has 0 aliphatic carbocycles. The number of nitrogens with zero attached hydrogens (tertiary/aromatic N) is 1. The highest BCUT2D eigenvalue weighted by Gasteiger charge is 2.27. The summed E-state index contributed by atoms with van der Waals surface area (Å²) >= 11 is 0. The maximum absolute atomic E-state index is 14.7. The van der Waals surface area contributed by atoms with Crippen molar-refractivity contribution < 1.29 is 27.4 Å². The number of hydrogen-bond acceptors (Lipinski definition) is 3. The smallest absolute Gasteiger partial charge is 0.206 e. The second kappa shape index (κ2) is 11.2. The molecule has 39 heavy (non-hydrogen) atoms. The molecule has 0 aromatic heterocycles. The van der Waals surface area contributed by atoms with Crippen molar-refractivity contribution in [3.8, 4) is 11.5 Å². The van der Waals surface area contributed by atoms with Crippen LogP contribution >= 0.6 is 0 Å². The van der Waals surface area contributed by atoms with E-state index in [2.05, 4.69) is 44.5 Å². The predicted molar refractivity (Wildman–Crippen MR) is 149 cm³/mol. The molecular formula is C32H35F4NO2. The van der Waals surface area contributed by atoms with Crippen LogP contribution in [0.1, 0.15) is 82.2 Å². The highest BCUT2D eigenvalue weighted by molar-refractivity contribution is 5.87. The Hall–Kier alpha value is -3.61. The summed E-state index contributed by atoms with van der Waals surface area (Å²) in [5.74, 6) is -8.39. The molecule has 0 bridgehead atoms. The third-order valence-electron chi connectivity index (χ3n) is 6.66. The molecular weight excluding hydrogens is 506 g/mol. The van der Waals surface area contributed by atoms with Gasteiger partial charge >= 0.3 is 0 Å². The van der Waals surface area contributed by atoms with Crippen molar-refractivity contribution in [2.45, 2.75) is 65.2 Å². The van der Waals surface area contributed by atoms with Gasteiger partial charge in [0.15, 0.2) is 17.4 Å². The van der Waals surface area contributed by atoms with E-state index in [4.69, 9.17) is 4.74 Å². The molecule has 0 heterocycles. The normalized spacial score (nSPS) is 13.1. The van der Waals surface area contributed by atoms with Crippen LogP contribution in [-0.2, 0) is 10.8 Å². The van der Waals surface area contributed by atoms with Gasteiger partial charge in [-0.1, -0.05) is 91.5 Å². The number of phenolic OH excluding ortho intramolecular Hbond substituents is 1. The van der Waals surface area contributed by atoms with Gasteiger partial charge in [0.1, 0.15) is 18.0 Å². The lowest BCUT2D eigenvalue weighted by Crippen LogP contribution is -2.13. The summed E-state index contributed by atoms with van der Waals surface area (Å²) in [5, 5.41) is 11.2. The van der Waals surface area contributed by atoms with Crippen molar-refractivity contribution in [2.24, 2.45) is 4.99 Å². The van der Waals surface area contributed by atoms with Gasteiger partial charge in [-0.2, -0.15) is 8.78 Å². The molecule has 1 unspecified atom stereocenters. The molecule has 0 saturated carbocycles. The average molecular weight is 542 g/mol. The average Bonchev–Trinajstić information content (AvgIpc) is 2.87. The van der Waals surface area contributed by atoms with Gasteiger partial charge in [0, 0.05) is 23.3 Å². The number of halogens is 4. The maximum Gasteiger partial charge on any atom is 0.206 e. The van der Waals surface area contributed by atoms with Gasteiger partial charge in [0.05, 0.1) is 0 Å². The lowest BCUT2D eigenvalue weighted by atomic mass is 9.81. The Morgan fingerprint density at radius 3 is 1.90 bits per heavy atom. The van der Waals surface area contributed by atoms with Gasteiger partial charge in [-0.3, -0.25) is 0 Å². The number of aliphatic imine (C=N–C) groups is 1. The van der Waals surface area contributed by atoms with Gasteiger partial charge in [-0.15, -0.1) is 0 Å². The molecule has 0 saturated heterocycles. The Morgan fingerprint density at radius 2 is 1.41 bits per heavy atom. The molecule has 1 atom stereocenters. The minimum absolute atomic E-state index is 0.0147. The van der Waals surface area contributed by atoms with Crippen LogP contribution in [0.25, 0.3) is 0 Å². The molecule has 3 rings (SSSR count). The SMILES string of the molecule is C=CCOc1c(F)c(F)c(N=Cc2cc(C(C)(C)C)cc(C(C)c3ccc(C(C)(C)C)cc3)c2O)c(F)c1F. The molecule has 208 valence electrons. The Bertz CT molecular complexity index is 1370. The van der Waals surface area contributed by atoms with Crippen LogP contribution in [0.2, 0.25) is 0 Å². The molecule has 7 heteroatoms. The molecule has 0 aliphatic heterocycles. The van der Waals surface area contributed by atoms with Crippen LogP contribution in [0.5, 0.6) is 11.5 Å². The summed E-state index contributed by atoms with van der Waals surface area (Å²) < 4.78 is 63.0. The number of ether oxygens (including phenoxy) is 1. The van der Waals surface area contributed by atoms with Crippen molar-refractivity contribution in [3.05, 3.63) is 100 Å². The Morgan fingerprint density at radius 1 is 0.872 bits per heavy atom. The quantitative estimate of drug-likeness (QED) is 0.140. The Labute approximate surface area is 227 Å². The van der Waals surface area contributed by atoms with Gasteiger partial charge in [0.25, 0.3) is 0 Å². The third kappa shape index (κ3) is 6.35. The zero-order chi connectivity index (χ0) is 29.3. The number of rotatable bonds is 7. The lowest BCUT2D eigenvalue weighted by molar-refractivity contribution is 0.303. The van der Waals surface area contributed by atoms with E-state index in [1.165, 1.54) is 11.6 Å². The highest BCUT2D eigenvalue weighted by Crippen LogP contribution is 2.39.